The topological polar surface area (TPSA) is 73.2 Å². The lowest BCUT2D eigenvalue weighted by Crippen LogP contribution is -2.20. The van der Waals surface area contributed by atoms with Crippen LogP contribution in [0.2, 0.25) is 0 Å². The van der Waals surface area contributed by atoms with Crippen LogP contribution in [-0.4, -0.2) is 28.3 Å². The largest absolute Gasteiger partial charge is 0.452 e. The molecular formula is C23H23N3O3. The van der Waals surface area contributed by atoms with E-state index in [1.54, 1.807) is 18.2 Å². The molecule has 0 saturated carbocycles. The van der Waals surface area contributed by atoms with Gasteiger partial charge in [-0.05, 0) is 51.1 Å². The third kappa shape index (κ3) is 5.19. The van der Waals surface area contributed by atoms with E-state index in [9.17, 15) is 9.59 Å². The molecule has 0 radical (unpaired) electrons. The fourth-order valence-corrected chi connectivity index (χ4v) is 2.89. The quantitative estimate of drug-likeness (QED) is 0.511. The number of benzene rings is 2. The van der Waals surface area contributed by atoms with Crippen molar-refractivity contribution in [2.24, 2.45) is 0 Å². The number of nitrogens with one attached hydrogen (secondary N) is 1. The van der Waals surface area contributed by atoms with Gasteiger partial charge in [-0.3, -0.25) is 4.79 Å². The van der Waals surface area contributed by atoms with Gasteiger partial charge in [-0.15, -0.1) is 0 Å². The molecule has 0 bridgehead atoms. The van der Waals surface area contributed by atoms with Crippen LogP contribution in [0.25, 0.3) is 11.8 Å². The van der Waals surface area contributed by atoms with Crippen molar-refractivity contribution >= 4 is 23.6 Å². The molecule has 0 fully saturated rings. The fourth-order valence-electron chi connectivity index (χ4n) is 2.89. The van der Waals surface area contributed by atoms with Crippen LogP contribution in [0, 0.1) is 20.8 Å². The maximum Gasteiger partial charge on any atom is 0.331 e. The lowest BCUT2D eigenvalue weighted by molar-refractivity contribution is -0.142. The Morgan fingerprint density at radius 1 is 1.03 bits per heavy atom. The van der Waals surface area contributed by atoms with Gasteiger partial charge >= 0.3 is 5.97 Å². The number of nitrogens with zero attached hydrogens (tertiary/aromatic N) is 2. The van der Waals surface area contributed by atoms with Crippen LogP contribution >= 0.6 is 0 Å². The minimum atomic E-state index is -0.588. The first kappa shape index (κ1) is 20.1. The Kier molecular flexibility index (Phi) is 6.24. The van der Waals surface area contributed by atoms with Crippen LogP contribution in [0.1, 0.15) is 22.5 Å². The summed E-state index contributed by atoms with van der Waals surface area (Å²) in [5, 5.41) is 7.22. The number of carbonyl (C=O) groups excluding carboxylic acids is 2. The van der Waals surface area contributed by atoms with Crippen molar-refractivity contribution in [3.8, 4) is 5.69 Å². The van der Waals surface area contributed by atoms with Crippen LogP contribution in [0.15, 0.2) is 60.7 Å². The number of amides is 1. The molecule has 0 unspecified atom stereocenters. The molecule has 0 aliphatic rings. The van der Waals surface area contributed by atoms with E-state index in [1.807, 2.05) is 67.9 Å². The summed E-state index contributed by atoms with van der Waals surface area (Å²) in [5.41, 5.74) is 5.26. The molecular weight excluding hydrogens is 366 g/mol. The molecule has 1 heterocycles. The van der Waals surface area contributed by atoms with Crippen LogP contribution in [0.4, 0.5) is 5.69 Å². The number of para-hydroxylation sites is 1. The Hall–Kier alpha value is -3.67. The van der Waals surface area contributed by atoms with Crippen molar-refractivity contribution in [2.75, 3.05) is 11.9 Å². The zero-order valence-electron chi connectivity index (χ0n) is 16.7. The van der Waals surface area contributed by atoms with E-state index in [2.05, 4.69) is 10.4 Å². The Labute approximate surface area is 169 Å². The summed E-state index contributed by atoms with van der Waals surface area (Å²) in [7, 11) is 0. The number of hydrogen-bond donors (Lipinski definition) is 1. The number of hydrogen-bond acceptors (Lipinski definition) is 4. The van der Waals surface area contributed by atoms with Gasteiger partial charge in [-0.2, -0.15) is 5.10 Å². The van der Waals surface area contributed by atoms with E-state index in [-0.39, 0.29) is 12.5 Å². The van der Waals surface area contributed by atoms with Crippen LogP contribution in [0.3, 0.4) is 0 Å². The van der Waals surface area contributed by atoms with Gasteiger partial charge in [-0.25, -0.2) is 9.48 Å². The molecule has 0 spiro atoms. The van der Waals surface area contributed by atoms with Gasteiger partial charge in [0.25, 0.3) is 5.91 Å². The summed E-state index contributed by atoms with van der Waals surface area (Å²) in [6.45, 7) is 5.44. The maximum atomic E-state index is 12.0. The van der Waals surface area contributed by atoms with Gasteiger partial charge in [0.15, 0.2) is 6.61 Å². The summed E-state index contributed by atoms with van der Waals surface area (Å²) in [5.74, 6) is -0.977. The molecule has 1 amide bonds. The first-order chi connectivity index (χ1) is 13.9. The van der Waals surface area contributed by atoms with Crippen molar-refractivity contribution in [1.29, 1.82) is 0 Å². The van der Waals surface area contributed by atoms with E-state index in [4.69, 9.17) is 4.74 Å². The van der Waals surface area contributed by atoms with Crippen LogP contribution in [0.5, 0.6) is 0 Å². The van der Waals surface area contributed by atoms with E-state index >= 15 is 0 Å². The molecule has 0 aliphatic carbocycles. The first-order valence-corrected chi connectivity index (χ1v) is 9.27. The molecule has 6 heteroatoms. The second kappa shape index (κ2) is 9.01. The van der Waals surface area contributed by atoms with Crippen LogP contribution in [-0.2, 0) is 14.3 Å². The molecule has 0 atom stereocenters. The Morgan fingerprint density at radius 2 is 1.72 bits per heavy atom. The third-order valence-electron chi connectivity index (χ3n) is 4.41. The first-order valence-electron chi connectivity index (χ1n) is 9.27. The second-order valence-electron chi connectivity index (χ2n) is 6.69. The number of rotatable bonds is 6. The number of aryl methyl sites for hydroxylation is 2. The predicted molar refractivity (Wildman–Crippen MR) is 113 cm³/mol. The van der Waals surface area contributed by atoms with E-state index in [0.717, 1.165) is 28.2 Å². The maximum absolute atomic E-state index is 12.0. The van der Waals surface area contributed by atoms with Crippen molar-refractivity contribution in [2.45, 2.75) is 20.8 Å². The summed E-state index contributed by atoms with van der Waals surface area (Å²) in [6, 6.07) is 17.1. The molecule has 1 N–H and O–H groups in total. The van der Waals surface area contributed by atoms with Gasteiger partial charge in [0.2, 0.25) is 0 Å². The average Bonchev–Trinajstić information content (AvgIpc) is 3.01. The molecule has 3 aromatic rings. The third-order valence-corrected chi connectivity index (χ3v) is 4.41. The van der Waals surface area contributed by atoms with Crippen molar-refractivity contribution in [3.63, 3.8) is 0 Å². The summed E-state index contributed by atoms with van der Waals surface area (Å²) >= 11 is 0. The van der Waals surface area contributed by atoms with Gasteiger partial charge < -0.3 is 10.1 Å². The minimum Gasteiger partial charge on any atom is -0.452 e. The lowest BCUT2D eigenvalue weighted by Gasteiger charge is -2.05. The van der Waals surface area contributed by atoms with E-state index in [1.165, 1.54) is 6.08 Å². The highest BCUT2D eigenvalue weighted by Crippen LogP contribution is 2.19. The molecule has 6 nitrogen and oxygen atoms in total. The second-order valence-corrected chi connectivity index (χ2v) is 6.69. The Balaban J connectivity index is 1.58. The van der Waals surface area contributed by atoms with Gasteiger partial charge in [0.05, 0.1) is 11.4 Å². The smallest absolute Gasteiger partial charge is 0.331 e. The molecule has 0 aliphatic heterocycles. The predicted octanol–water partition coefficient (Wildman–Crippen LogP) is 3.99. The number of ether oxygens (including phenoxy) is 1. The molecule has 1 aromatic heterocycles. The molecule has 2 aromatic carbocycles. The highest BCUT2D eigenvalue weighted by Gasteiger charge is 2.11. The van der Waals surface area contributed by atoms with Gasteiger partial charge in [-0.1, -0.05) is 35.9 Å². The minimum absolute atomic E-state index is 0.349. The van der Waals surface area contributed by atoms with Crippen molar-refractivity contribution in [3.05, 3.63) is 83.2 Å². The SMILES string of the molecule is Cc1ccc(NC(=O)COC(=O)C=Cc2c(C)nn(-c3ccccc3)c2C)cc1. The zero-order chi connectivity index (χ0) is 20.8. The summed E-state index contributed by atoms with van der Waals surface area (Å²) < 4.78 is 6.86. The molecule has 0 saturated heterocycles. The van der Waals surface area contributed by atoms with Gasteiger partial charge in [0.1, 0.15) is 0 Å². The molecule has 3 rings (SSSR count). The summed E-state index contributed by atoms with van der Waals surface area (Å²) in [6.07, 6.45) is 2.98. The Bertz CT molecular complexity index is 1040. The number of anilines is 1. The van der Waals surface area contributed by atoms with Crippen LogP contribution < -0.4 is 5.32 Å². The Morgan fingerprint density at radius 3 is 2.41 bits per heavy atom. The lowest BCUT2D eigenvalue weighted by atomic mass is 10.2. The normalized spacial score (nSPS) is 10.9. The molecule has 29 heavy (non-hydrogen) atoms. The summed E-state index contributed by atoms with van der Waals surface area (Å²) in [4.78, 5) is 23.9. The van der Waals surface area contributed by atoms with Crippen molar-refractivity contribution in [1.82, 2.24) is 9.78 Å². The highest BCUT2D eigenvalue weighted by molar-refractivity contribution is 5.94. The number of carbonyl (C=O) groups is 2. The van der Waals surface area contributed by atoms with Gasteiger partial charge in [0, 0.05) is 23.0 Å². The average molecular weight is 389 g/mol. The number of esters is 1. The molecule has 148 valence electrons. The zero-order valence-corrected chi connectivity index (χ0v) is 16.7. The number of aromatic nitrogens is 2. The van der Waals surface area contributed by atoms with E-state index < -0.39 is 5.97 Å². The fraction of sp³-hybridized carbons (Fsp3) is 0.174. The van der Waals surface area contributed by atoms with E-state index in [0.29, 0.717) is 5.69 Å². The van der Waals surface area contributed by atoms with Crippen molar-refractivity contribution < 1.29 is 14.3 Å². The highest BCUT2D eigenvalue weighted by atomic mass is 16.5. The monoisotopic (exact) mass is 389 g/mol. The standard InChI is InChI=1S/C23H23N3O3/c1-16-9-11-19(12-10-16)24-22(27)15-29-23(28)14-13-21-17(2)25-26(18(21)3)20-7-5-4-6-8-20/h4-14H,15H2,1-3H3,(H,24,27).